The summed E-state index contributed by atoms with van der Waals surface area (Å²) >= 11 is 0. The number of alkyl carbamates (subject to hydrolysis) is 1. The number of anilines is 1. The maximum absolute atomic E-state index is 14.1. The highest BCUT2D eigenvalue weighted by Gasteiger charge is 2.37. The summed E-state index contributed by atoms with van der Waals surface area (Å²) in [5.74, 6) is 0.296. The van der Waals surface area contributed by atoms with Gasteiger partial charge in [-0.1, -0.05) is 6.92 Å². The summed E-state index contributed by atoms with van der Waals surface area (Å²) in [5.41, 5.74) is -0.528. The van der Waals surface area contributed by atoms with E-state index in [0.717, 1.165) is 6.42 Å². The van der Waals surface area contributed by atoms with Gasteiger partial charge in [0.1, 0.15) is 24.5 Å². The van der Waals surface area contributed by atoms with Crippen molar-refractivity contribution >= 4 is 17.8 Å². The molecule has 0 unspecified atom stereocenters. The van der Waals surface area contributed by atoms with Gasteiger partial charge in [-0.25, -0.2) is 19.2 Å². The Morgan fingerprint density at radius 3 is 2.65 bits per heavy atom. The van der Waals surface area contributed by atoms with Crippen LogP contribution < -0.4 is 15.0 Å². The summed E-state index contributed by atoms with van der Waals surface area (Å²) in [6, 6.07) is 3.84. The van der Waals surface area contributed by atoms with Gasteiger partial charge in [0.15, 0.2) is 11.6 Å². The second-order valence-corrected chi connectivity index (χ2v) is 11.1. The Morgan fingerprint density at radius 1 is 1.27 bits per heavy atom. The Balaban J connectivity index is 1.79. The molecule has 0 saturated carbocycles. The van der Waals surface area contributed by atoms with E-state index in [1.807, 2.05) is 46.4 Å². The fraction of sp³-hybridized carbons (Fsp3) is 0.556. The number of aromatic nitrogens is 2. The summed E-state index contributed by atoms with van der Waals surface area (Å²) < 4.78 is 25.8. The molecule has 10 heteroatoms. The van der Waals surface area contributed by atoms with E-state index in [2.05, 4.69) is 22.2 Å². The largest absolute Gasteiger partial charge is 0.451 e. The van der Waals surface area contributed by atoms with E-state index >= 15 is 0 Å². The molecule has 202 valence electrons. The average molecular weight is 516 g/mol. The molecule has 1 atom stereocenters. The molecule has 1 aromatic heterocycles. The average Bonchev–Trinajstić information content (AvgIpc) is 3.20. The molecule has 1 aliphatic heterocycles. The van der Waals surface area contributed by atoms with Crippen LogP contribution in [0.2, 0.25) is 0 Å². The predicted molar refractivity (Wildman–Crippen MR) is 140 cm³/mol. The molecule has 1 aliphatic rings. The summed E-state index contributed by atoms with van der Waals surface area (Å²) in [6.45, 7) is 15.4. The number of carbonyl (C=O) groups is 2. The second-order valence-electron chi connectivity index (χ2n) is 11.1. The van der Waals surface area contributed by atoms with E-state index in [9.17, 15) is 14.0 Å². The van der Waals surface area contributed by atoms with Gasteiger partial charge >= 0.3 is 6.09 Å². The molecule has 0 spiro atoms. The molecule has 1 fully saturated rings. The quantitative estimate of drug-likeness (QED) is 0.527. The van der Waals surface area contributed by atoms with Crippen LogP contribution >= 0.6 is 0 Å². The van der Waals surface area contributed by atoms with Crippen LogP contribution in [0.1, 0.15) is 65.2 Å². The first kappa shape index (κ1) is 28.1. The summed E-state index contributed by atoms with van der Waals surface area (Å²) in [5, 5.41) is 2.80. The van der Waals surface area contributed by atoms with Crippen LogP contribution in [-0.4, -0.2) is 64.7 Å². The van der Waals surface area contributed by atoms with Gasteiger partial charge in [0, 0.05) is 36.6 Å². The summed E-state index contributed by atoms with van der Waals surface area (Å²) in [6.07, 6.45) is 3.29. The van der Waals surface area contributed by atoms with Crippen molar-refractivity contribution in [1.82, 2.24) is 20.2 Å². The molecule has 9 nitrogen and oxygen atoms in total. The Bertz CT molecular complexity index is 1120. The van der Waals surface area contributed by atoms with Crippen LogP contribution in [0.15, 0.2) is 30.7 Å². The first-order chi connectivity index (χ1) is 17.3. The molecular weight excluding hydrogens is 477 g/mol. The molecule has 2 heterocycles. The summed E-state index contributed by atoms with van der Waals surface area (Å²) in [7, 11) is 0. The third kappa shape index (κ3) is 7.30. The third-order valence-electron chi connectivity index (χ3n) is 6.16. The third-order valence-corrected chi connectivity index (χ3v) is 6.16. The normalized spacial score (nSPS) is 17.6. The highest BCUT2D eigenvalue weighted by atomic mass is 19.1. The SMILES string of the molecule is CCN(C(=O)c1cc(F)ccc1Oc1cncnc1N1CC[C@@](C)(COC(=O)NC(C)(C)C)C1)C(C)C. The summed E-state index contributed by atoms with van der Waals surface area (Å²) in [4.78, 5) is 37.6. The zero-order valence-electron chi connectivity index (χ0n) is 22.8. The zero-order chi connectivity index (χ0) is 27.4. The number of nitrogens with zero attached hydrogens (tertiary/aromatic N) is 4. The number of benzene rings is 1. The molecule has 0 bridgehead atoms. The van der Waals surface area contributed by atoms with Crippen LogP contribution in [0.4, 0.5) is 15.0 Å². The molecule has 1 saturated heterocycles. The van der Waals surface area contributed by atoms with Gasteiger partial charge in [-0.15, -0.1) is 0 Å². The van der Waals surface area contributed by atoms with Crippen LogP contribution in [0.25, 0.3) is 0 Å². The molecule has 37 heavy (non-hydrogen) atoms. The highest BCUT2D eigenvalue weighted by Crippen LogP contribution is 2.38. The van der Waals surface area contributed by atoms with Crippen LogP contribution in [0.5, 0.6) is 11.5 Å². The topological polar surface area (TPSA) is 96.9 Å². The molecule has 0 aliphatic carbocycles. The first-order valence-electron chi connectivity index (χ1n) is 12.6. The maximum atomic E-state index is 14.1. The first-order valence-corrected chi connectivity index (χ1v) is 12.6. The minimum atomic E-state index is -0.522. The van der Waals surface area contributed by atoms with Crippen molar-refractivity contribution in [3.63, 3.8) is 0 Å². The Morgan fingerprint density at radius 2 is 2.00 bits per heavy atom. The maximum Gasteiger partial charge on any atom is 0.407 e. The lowest BCUT2D eigenvalue weighted by Gasteiger charge is -2.27. The lowest BCUT2D eigenvalue weighted by Crippen LogP contribution is -2.42. The fourth-order valence-corrected chi connectivity index (χ4v) is 4.30. The van der Waals surface area contributed by atoms with Crippen LogP contribution in [-0.2, 0) is 4.74 Å². The number of carbonyl (C=O) groups excluding carboxylic acids is 2. The number of nitrogens with one attached hydrogen (secondary N) is 1. The smallest absolute Gasteiger partial charge is 0.407 e. The van der Waals surface area contributed by atoms with E-state index in [0.29, 0.717) is 31.2 Å². The number of ether oxygens (including phenoxy) is 2. The second kappa shape index (κ2) is 11.3. The van der Waals surface area contributed by atoms with Crippen LogP contribution in [0, 0.1) is 11.2 Å². The standard InChI is InChI=1S/C27H38FN5O4/c1-8-33(18(2)3)24(34)20-13-19(28)9-10-21(20)37-22-14-29-17-30-23(22)32-12-11-27(7,15-32)16-36-25(35)31-26(4,5)6/h9-10,13-14,17-18H,8,11-12,15-16H2,1-7H3,(H,31,35)/t27-/m1/s1. The Labute approximate surface area is 218 Å². The fourth-order valence-electron chi connectivity index (χ4n) is 4.30. The van der Waals surface area contributed by atoms with Gasteiger partial charge in [-0.2, -0.15) is 0 Å². The lowest BCUT2D eigenvalue weighted by molar-refractivity contribution is 0.0713. The molecule has 2 amide bonds. The van der Waals surface area contributed by atoms with Gasteiger partial charge < -0.3 is 24.6 Å². The van der Waals surface area contributed by atoms with Gasteiger partial charge in [0.2, 0.25) is 0 Å². The van der Waals surface area contributed by atoms with Crippen molar-refractivity contribution in [1.29, 1.82) is 0 Å². The minimum Gasteiger partial charge on any atom is -0.451 e. The van der Waals surface area contributed by atoms with E-state index in [4.69, 9.17) is 9.47 Å². The predicted octanol–water partition coefficient (Wildman–Crippen LogP) is 5.02. The zero-order valence-corrected chi connectivity index (χ0v) is 22.8. The number of amides is 2. The molecule has 1 N–H and O–H groups in total. The molecule has 2 aromatic rings. The highest BCUT2D eigenvalue weighted by molar-refractivity contribution is 5.97. The van der Waals surface area contributed by atoms with Crippen molar-refractivity contribution < 1.29 is 23.5 Å². The molecular formula is C27H38FN5O4. The monoisotopic (exact) mass is 515 g/mol. The van der Waals surface area contributed by atoms with Crippen molar-refractivity contribution in [2.24, 2.45) is 5.41 Å². The van der Waals surface area contributed by atoms with E-state index in [1.165, 1.54) is 30.7 Å². The van der Waals surface area contributed by atoms with Crippen molar-refractivity contribution in [2.45, 2.75) is 66.5 Å². The minimum absolute atomic E-state index is 0.0563. The van der Waals surface area contributed by atoms with Gasteiger partial charge in [-0.3, -0.25) is 4.79 Å². The van der Waals surface area contributed by atoms with Crippen LogP contribution in [0.3, 0.4) is 0 Å². The molecule has 3 rings (SSSR count). The number of rotatable bonds is 8. The van der Waals surface area contributed by atoms with Crippen molar-refractivity contribution in [3.8, 4) is 11.5 Å². The lowest BCUT2D eigenvalue weighted by atomic mass is 9.91. The van der Waals surface area contributed by atoms with Gasteiger partial charge in [0.05, 0.1) is 11.8 Å². The molecule has 1 aromatic carbocycles. The number of hydrogen-bond acceptors (Lipinski definition) is 7. The van der Waals surface area contributed by atoms with E-state index in [1.54, 1.807) is 4.90 Å². The Hall–Kier alpha value is -3.43. The number of halogens is 1. The van der Waals surface area contributed by atoms with E-state index in [-0.39, 0.29) is 40.8 Å². The van der Waals surface area contributed by atoms with Crippen molar-refractivity contribution in [2.75, 3.05) is 31.1 Å². The van der Waals surface area contributed by atoms with E-state index < -0.39 is 11.9 Å². The number of hydrogen-bond donors (Lipinski definition) is 1. The molecule has 0 radical (unpaired) electrons. The van der Waals surface area contributed by atoms with Gasteiger partial charge in [0.25, 0.3) is 5.91 Å². The van der Waals surface area contributed by atoms with Crippen molar-refractivity contribution in [3.05, 3.63) is 42.1 Å². The van der Waals surface area contributed by atoms with Gasteiger partial charge in [-0.05, 0) is 66.2 Å². The Kier molecular flexibility index (Phi) is 8.60.